The van der Waals surface area contributed by atoms with Crippen LogP contribution in [0.3, 0.4) is 0 Å². The van der Waals surface area contributed by atoms with Gasteiger partial charge < -0.3 is 20.1 Å². The fourth-order valence-corrected chi connectivity index (χ4v) is 4.35. The Morgan fingerprint density at radius 1 is 1.09 bits per heavy atom. The number of carbonyl (C=O) groups is 4. The number of anilines is 1. The summed E-state index contributed by atoms with van der Waals surface area (Å²) in [4.78, 5) is 62.1. The zero-order valence-corrected chi connectivity index (χ0v) is 19.7. The molecule has 1 aromatic carbocycles. The third kappa shape index (κ3) is 4.81. The molecule has 0 aliphatic carbocycles. The van der Waals surface area contributed by atoms with Gasteiger partial charge in [0.1, 0.15) is 5.00 Å². The molecule has 0 bridgehead atoms. The molecular weight excluding hydrogens is 464 g/mol. The summed E-state index contributed by atoms with van der Waals surface area (Å²) in [5.74, 6) is -2.76. The molecule has 0 atom stereocenters. The number of nitrogens with one attached hydrogen (secondary N) is 2. The van der Waals surface area contributed by atoms with E-state index in [1.54, 1.807) is 38.1 Å². The van der Waals surface area contributed by atoms with Crippen molar-refractivity contribution in [2.24, 2.45) is 7.05 Å². The minimum atomic E-state index is -0.902. The van der Waals surface area contributed by atoms with Crippen LogP contribution >= 0.6 is 11.3 Å². The maximum Gasteiger partial charge on any atom is 0.359 e. The van der Waals surface area contributed by atoms with Gasteiger partial charge in [0.2, 0.25) is 0 Å². The molecule has 0 spiro atoms. The number of fused-ring (bicyclic) bond motifs is 1. The van der Waals surface area contributed by atoms with Crippen molar-refractivity contribution in [1.82, 2.24) is 15.1 Å². The van der Waals surface area contributed by atoms with Crippen molar-refractivity contribution < 1.29 is 28.7 Å². The van der Waals surface area contributed by atoms with Gasteiger partial charge in [-0.25, -0.2) is 14.3 Å². The molecule has 0 aliphatic heterocycles. The monoisotopic (exact) mass is 486 g/mol. The molecular formula is C22H22N4O7S. The summed E-state index contributed by atoms with van der Waals surface area (Å²) in [5.41, 5.74) is -0.0882. The molecule has 12 heteroatoms. The molecule has 178 valence electrons. The van der Waals surface area contributed by atoms with E-state index in [9.17, 15) is 24.0 Å². The number of thiophene rings is 1. The molecule has 34 heavy (non-hydrogen) atoms. The lowest BCUT2D eigenvalue weighted by molar-refractivity contribution is -0.119. The number of aryl methyl sites for hydroxylation is 1. The van der Waals surface area contributed by atoms with E-state index in [2.05, 4.69) is 15.7 Å². The minimum absolute atomic E-state index is 0.0517. The number of ether oxygens (including phenoxy) is 2. The Hall–Kier alpha value is -4.06. The van der Waals surface area contributed by atoms with Crippen LogP contribution in [0.1, 0.15) is 43.0 Å². The van der Waals surface area contributed by atoms with E-state index in [-0.39, 0.29) is 38.7 Å². The van der Waals surface area contributed by atoms with Gasteiger partial charge in [0.15, 0.2) is 12.3 Å². The molecule has 0 fully saturated rings. The zero-order valence-electron chi connectivity index (χ0n) is 18.9. The first-order valence-electron chi connectivity index (χ1n) is 10.1. The van der Waals surface area contributed by atoms with Crippen LogP contribution < -0.4 is 16.2 Å². The topological polar surface area (TPSA) is 146 Å². The third-order valence-electron chi connectivity index (χ3n) is 4.80. The number of hydrogen-bond acceptors (Lipinski definition) is 9. The van der Waals surface area contributed by atoms with E-state index in [0.717, 1.165) is 16.0 Å². The average Bonchev–Trinajstić information content (AvgIpc) is 3.15. The Labute approximate surface area is 197 Å². The SMILES string of the molecule is CCOC(=O)c1c(NC(=O)COC(=O)c2nn(C)c(=O)c3ccccc23)sc(C(=O)NC)c1C. The van der Waals surface area contributed by atoms with Gasteiger partial charge in [-0.2, -0.15) is 5.10 Å². The average molecular weight is 487 g/mol. The van der Waals surface area contributed by atoms with Crippen molar-refractivity contribution in [2.45, 2.75) is 13.8 Å². The number of benzene rings is 1. The normalized spacial score (nSPS) is 10.6. The van der Waals surface area contributed by atoms with E-state index in [1.807, 2.05) is 0 Å². The molecule has 2 aromatic heterocycles. The van der Waals surface area contributed by atoms with Gasteiger partial charge >= 0.3 is 11.9 Å². The Balaban J connectivity index is 1.81. The maximum absolute atomic E-state index is 12.6. The molecule has 3 aromatic rings. The largest absolute Gasteiger partial charge is 0.462 e. The summed E-state index contributed by atoms with van der Waals surface area (Å²) in [6.45, 7) is 2.62. The third-order valence-corrected chi connectivity index (χ3v) is 6.00. The molecule has 2 N–H and O–H groups in total. The Kier molecular flexibility index (Phi) is 7.41. The number of hydrogen-bond donors (Lipinski definition) is 2. The predicted octanol–water partition coefficient (Wildman–Crippen LogP) is 1.64. The van der Waals surface area contributed by atoms with Crippen LogP contribution in [0.15, 0.2) is 29.1 Å². The molecule has 2 heterocycles. The quantitative estimate of drug-likeness (QED) is 0.479. The maximum atomic E-state index is 12.6. The predicted molar refractivity (Wildman–Crippen MR) is 124 cm³/mol. The highest BCUT2D eigenvalue weighted by molar-refractivity contribution is 7.18. The van der Waals surface area contributed by atoms with Crippen molar-refractivity contribution in [2.75, 3.05) is 25.6 Å². The molecule has 0 radical (unpaired) electrons. The van der Waals surface area contributed by atoms with Crippen molar-refractivity contribution in [3.63, 3.8) is 0 Å². The first-order valence-corrected chi connectivity index (χ1v) is 11.0. The van der Waals surface area contributed by atoms with Crippen LogP contribution in [0.2, 0.25) is 0 Å². The summed E-state index contributed by atoms with van der Waals surface area (Å²) in [6, 6.07) is 6.42. The number of carbonyl (C=O) groups excluding carboxylic acids is 4. The second-order valence-corrected chi connectivity index (χ2v) is 8.03. The van der Waals surface area contributed by atoms with Gasteiger partial charge in [0.25, 0.3) is 17.4 Å². The van der Waals surface area contributed by atoms with E-state index in [1.165, 1.54) is 14.1 Å². The smallest absolute Gasteiger partial charge is 0.359 e. The van der Waals surface area contributed by atoms with Crippen LogP contribution in [-0.2, 0) is 21.3 Å². The summed E-state index contributed by atoms with van der Waals surface area (Å²) >= 11 is 0.902. The second-order valence-electron chi connectivity index (χ2n) is 7.01. The van der Waals surface area contributed by atoms with Crippen LogP contribution in [0.4, 0.5) is 5.00 Å². The number of amides is 2. The van der Waals surface area contributed by atoms with Gasteiger partial charge in [0.05, 0.1) is 22.4 Å². The van der Waals surface area contributed by atoms with Crippen LogP contribution in [0.5, 0.6) is 0 Å². The van der Waals surface area contributed by atoms with E-state index in [4.69, 9.17) is 9.47 Å². The highest BCUT2D eigenvalue weighted by Gasteiger charge is 2.27. The fraction of sp³-hybridized carbons (Fsp3) is 0.273. The molecule has 3 rings (SSSR count). The van der Waals surface area contributed by atoms with E-state index in [0.29, 0.717) is 10.9 Å². The summed E-state index contributed by atoms with van der Waals surface area (Å²) in [6.07, 6.45) is 0. The van der Waals surface area contributed by atoms with Crippen molar-refractivity contribution in [3.05, 3.63) is 56.3 Å². The second kappa shape index (κ2) is 10.3. The molecule has 0 saturated heterocycles. The fourth-order valence-electron chi connectivity index (χ4n) is 3.19. The molecule has 2 amide bonds. The molecule has 0 aliphatic rings. The number of esters is 2. The van der Waals surface area contributed by atoms with Gasteiger partial charge in [0, 0.05) is 19.5 Å². The standard InChI is InChI=1S/C22H22N4O7S/c1-5-32-21(30)15-11(2)17(18(28)23-3)34-19(15)24-14(27)10-33-22(31)16-12-8-6-7-9-13(12)20(29)26(4)25-16/h6-9H,5,10H2,1-4H3,(H,23,28)(H,24,27). The summed E-state index contributed by atoms with van der Waals surface area (Å²) in [5, 5.41) is 9.61. The van der Waals surface area contributed by atoms with E-state index < -0.39 is 30.4 Å². The molecule has 11 nitrogen and oxygen atoms in total. The number of aromatic nitrogens is 2. The molecule has 0 unspecified atom stereocenters. The Morgan fingerprint density at radius 2 is 1.76 bits per heavy atom. The van der Waals surface area contributed by atoms with Crippen LogP contribution in [0, 0.1) is 6.92 Å². The van der Waals surface area contributed by atoms with Crippen LogP contribution in [-0.4, -0.2) is 53.8 Å². The van der Waals surface area contributed by atoms with E-state index >= 15 is 0 Å². The van der Waals surface area contributed by atoms with Crippen LogP contribution in [0.25, 0.3) is 10.8 Å². The van der Waals surface area contributed by atoms with Gasteiger partial charge in [-0.1, -0.05) is 18.2 Å². The first kappa shape index (κ1) is 24.6. The van der Waals surface area contributed by atoms with Gasteiger partial charge in [-0.15, -0.1) is 11.3 Å². The highest BCUT2D eigenvalue weighted by Crippen LogP contribution is 2.33. The number of rotatable bonds is 7. The van der Waals surface area contributed by atoms with Gasteiger partial charge in [-0.3, -0.25) is 14.4 Å². The molecule has 0 saturated carbocycles. The summed E-state index contributed by atoms with van der Waals surface area (Å²) < 4.78 is 11.2. The minimum Gasteiger partial charge on any atom is -0.462 e. The van der Waals surface area contributed by atoms with Crippen molar-refractivity contribution in [1.29, 1.82) is 0 Å². The lowest BCUT2D eigenvalue weighted by atomic mass is 10.1. The number of nitrogens with zero attached hydrogens (tertiary/aromatic N) is 2. The van der Waals surface area contributed by atoms with Crippen molar-refractivity contribution in [3.8, 4) is 0 Å². The highest BCUT2D eigenvalue weighted by atomic mass is 32.1. The lowest BCUT2D eigenvalue weighted by Gasteiger charge is -2.09. The summed E-state index contributed by atoms with van der Waals surface area (Å²) in [7, 11) is 2.85. The zero-order chi connectivity index (χ0) is 25.0. The van der Waals surface area contributed by atoms with Gasteiger partial charge in [-0.05, 0) is 25.5 Å². The lowest BCUT2D eigenvalue weighted by Crippen LogP contribution is -2.26. The Morgan fingerprint density at radius 3 is 2.41 bits per heavy atom. The first-order chi connectivity index (χ1) is 16.2. The van der Waals surface area contributed by atoms with Crippen molar-refractivity contribution >= 4 is 50.9 Å². The Bertz CT molecular complexity index is 1360.